The number of amides is 1. The number of carbonyl (C=O) groups is 1. The van der Waals surface area contributed by atoms with Crippen LogP contribution in [0.15, 0.2) is 54.4 Å². The van der Waals surface area contributed by atoms with Crippen molar-refractivity contribution >= 4 is 23.4 Å². The van der Waals surface area contributed by atoms with Crippen LogP contribution in [0.1, 0.15) is 30.4 Å². The molecule has 2 N–H and O–H groups in total. The van der Waals surface area contributed by atoms with Gasteiger partial charge < -0.3 is 10.6 Å². The van der Waals surface area contributed by atoms with Crippen LogP contribution < -0.4 is 10.6 Å². The first-order chi connectivity index (χ1) is 14.1. The Morgan fingerprint density at radius 1 is 1.34 bits per heavy atom. The normalized spacial score (nSPS) is 17.6. The van der Waals surface area contributed by atoms with Crippen LogP contribution in [-0.4, -0.2) is 26.5 Å². The number of hydrogen-bond donors (Lipinski definition) is 2. The van der Waals surface area contributed by atoms with E-state index in [-0.39, 0.29) is 5.91 Å². The second-order valence-electron chi connectivity index (χ2n) is 7.38. The minimum Gasteiger partial charge on any atom is -0.367 e. The number of anilines is 1. The largest absolute Gasteiger partial charge is 0.367 e. The van der Waals surface area contributed by atoms with Crippen LogP contribution in [0.5, 0.6) is 0 Å². The van der Waals surface area contributed by atoms with E-state index in [1.807, 2.05) is 30.3 Å². The number of nitriles is 1. The predicted octanol–water partition coefficient (Wildman–Crippen LogP) is 3.26. The van der Waals surface area contributed by atoms with Crippen molar-refractivity contribution in [2.45, 2.75) is 25.3 Å². The molecule has 1 saturated carbocycles. The van der Waals surface area contributed by atoms with Crippen LogP contribution in [0, 0.1) is 11.3 Å². The minimum absolute atomic E-state index is 0.136. The lowest BCUT2D eigenvalue weighted by atomic mass is 10.1. The first-order valence-electron chi connectivity index (χ1n) is 9.46. The molecule has 7 heteroatoms. The summed E-state index contributed by atoms with van der Waals surface area (Å²) < 4.78 is 1.77. The molecule has 0 atom stereocenters. The van der Waals surface area contributed by atoms with Crippen molar-refractivity contribution in [2.24, 2.45) is 0 Å². The van der Waals surface area contributed by atoms with E-state index in [0.717, 1.165) is 35.5 Å². The van der Waals surface area contributed by atoms with Gasteiger partial charge >= 0.3 is 0 Å². The molecule has 0 unspecified atom stereocenters. The van der Waals surface area contributed by atoms with Crippen molar-refractivity contribution in [1.82, 2.24) is 19.9 Å². The highest BCUT2D eigenvalue weighted by molar-refractivity contribution is 6.02. The highest BCUT2D eigenvalue weighted by Gasteiger charge is 2.24. The Morgan fingerprint density at radius 2 is 2.21 bits per heavy atom. The molecule has 0 bridgehead atoms. The molecule has 0 radical (unpaired) electrons. The SMILES string of the molecule is C=C1C/C(=C\c2cnn3c(NC4CC4)cc(-c4cccc(C#N)c4)nc23)C(=O)N1. The highest BCUT2D eigenvalue weighted by Crippen LogP contribution is 2.30. The van der Waals surface area contributed by atoms with Gasteiger partial charge in [0.15, 0.2) is 5.65 Å². The van der Waals surface area contributed by atoms with E-state index in [1.54, 1.807) is 16.8 Å². The number of nitrogens with zero attached hydrogens (tertiary/aromatic N) is 4. The van der Waals surface area contributed by atoms with Crippen LogP contribution in [0.3, 0.4) is 0 Å². The van der Waals surface area contributed by atoms with Crippen LogP contribution in [0.2, 0.25) is 0 Å². The van der Waals surface area contributed by atoms with Crippen molar-refractivity contribution in [1.29, 1.82) is 5.26 Å². The summed E-state index contributed by atoms with van der Waals surface area (Å²) in [4.78, 5) is 16.9. The van der Waals surface area contributed by atoms with Crippen molar-refractivity contribution in [3.8, 4) is 17.3 Å². The number of carbonyl (C=O) groups excluding carboxylic acids is 1. The van der Waals surface area contributed by atoms with Gasteiger partial charge in [-0.15, -0.1) is 0 Å². The van der Waals surface area contributed by atoms with Gasteiger partial charge in [0.2, 0.25) is 0 Å². The Balaban J connectivity index is 1.66. The summed E-state index contributed by atoms with van der Waals surface area (Å²) in [6, 6.07) is 11.9. The lowest BCUT2D eigenvalue weighted by Crippen LogP contribution is -2.12. The summed E-state index contributed by atoms with van der Waals surface area (Å²) in [6.07, 6.45) is 6.29. The third-order valence-corrected chi connectivity index (χ3v) is 5.03. The third kappa shape index (κ3) is 3.25. The molecule has 3 aromatic rings. The van der Waals surface area contributed by atoms with Crippen LogP contribution >= 0.6 is 0 Å². The van der Waals surface area contributed by atoms with Crippen LogP contribution in [0.25, 0.3) is 23.0 Å². The quantitative estimate of drug-likeness (QED) is 0.676. The molecule has 0 spiro atoms. The number of benzene rings is 1. The fraction of sp³-hybridized carbons (Fsp3) is 0.182. The summed E-state index contributed by atoms with van der Waals surface area (Å²) in [7, 11) is 0. The van der Waals surface area contributed by atoms with Gasteiger partial charge in [0.1, 0.15) is 5.82 Å². The monoisotopic (exact) mass is 382 g/mol. The van der Waals surface area contributed by atoms with Gasteiger partial charge in [-0.25, -0.2) is 4.98 Å². The van der Waals surface area contributed by atoms with Gasteiger partial charge in [-0.05, 0) is 31.1 Å². The molecule has 3 heterocycles. The molecular weight excluding hydrogens is 364 g/mol. The molecule has 1 aromatic carbocycles. The standard InChI is InChI=1S/C22H18N6O/c1-13-7-16(22(29)25-13)9-17-12-24-28-20(26-18-5-6-18)10-19(27-21(17)28)15-4-2-3-14(8-15)11-23/h2-4,8-10,12,18,26H,1,5-7H2,(H,25,29)/b16-9+. The summed E-state index contributed by atoms with van der Waals surface area (Å²) >= 11 is 0. The number of fused-ring (bicyclic) bond motifs is 1. The smallest absolute Gasteiger partial charge is 0.251 e. The second kappa shape index (κ2) is 6.60. The van der Waals surface area contributed by atoms with Crippen LogP contribution in [0.4, 0.5) is 5.82 Å². The molecule has 2 fully saturated rings. The Hall–Kier alpha value is -3.92. The molecule has 2 aliphatic rings. The van der Waals surface area contributed by atoms with Gasteiger partial charge in [-0.3, -0.25) is 4.79 Å². The number of allylic oxidation sites excluding steroid dienone is 1. The van der Waals surface area contributed by atoms with Gasteiger partial charge in [0, 0.05) is 40.9 Å². The molecule has 1 aliphatic heterocycles. The number of rotatable bonds is 4. The zero-order valence-electron chi connectivity index (χ0n) is 15.6. The summed E-state index contributed by atoms with van der Waals surface area (Å²) in [5.41, 5.74) is 4.94. The molecule has 1 saturated heterocycles. The fourth-order valence-corrected chi connectivity index (χ4v) is 3.42. The fourth-order valence-electron chi connectivity index (χ4n) is 3.42. The summed E-state index contributed by atoms with van der Waals surface area (Å²) in [5.74, 6) is 0.711. The van der Waals surface area contributed by atoms with Gasteiger partial charge in [0.25, 0.3) is 5.91 Å². The van der Waals surface area contributed by atoms with E-state index in [9.17, 15) is 10.1 Å². The maximum Gasteiger partial charge on any atom is 0.251 e. The Morgan fingerprint density at radius 3 is 2.93 bits per heavy atom. The lowest BCUT2D eigenvalue weighted by molar-refractivity contribution is -0.115. The average molecular weight is 382 g/mol. The Kier molecular flexibility index (Phi) is 3.91. The lowest BCUT2D eigenvalue weighted by Gasteiger charge is -2.10. The van der Waals surface area contributed by atoms with E-state index < -0.39 is 0 Å². The summed E-state index contributed by atoms with van der Waals surface area (Å²) in [6.45, 7) is 3.82. The molecule has 5 rings (SSSR count). The van der Waals surface area contributed by atoms with Crippen LogP contribution in [-0.2, 0) is 4.79 Å². The van der Waals surface area contributed by atoms with Gasteiger partial charge in [-0.1, -0.05) is 18.7 Å². The molecule has 1 aliphatic carbocycles. The van der Waals surface area contributed by atoms with E-state index >= 15 is 0 Å². The highest BCUT2D eigenvalue weighted by atomic mass is 16.2. The predicted molar refractivity (Wildman–Crippen MR) is 110 cm³/mol. The topological polar surface area (TPSA) is 95.1 Å². The molecule has 1 amide bonds. The molecule has 2 aromatic heterocycles. The second-order valence-corrected chi connectivity index (χ2v) is 7.38. The first kappa shape index (κ1) is 17.2. The van der Waals surface area contributed by atoms with Gasteiger partial charge in [0.05, 0.1) is 23.5 Å². The maximum atomic E-state index is 12.1. The maximum absolute atomic E-state index is 12.1. The van der Waals surface area contributed by atoms with Crippen molar-refractivity contribution in [3.63, 3.8) is 0 Å². The zero-order valence-corrected chi connectivity index (χ0v) is 15.6. The van der Waals surface area contributed by atoms with Gasteiger partial charge in [-0.2, -0.15) is 14.9 Å². The summed E-state index contributed by atoms with van der Waals surface area (Å²) in [5, 5.41) is 20.0. The zero-order chi connectivity index (χ0) is 20.0. The number of nitrogens with one attached hydrogen (secondary N) is 2. The number of hydrogen-bond acceptors (Lipinski definition) is 5. The molecular formula is C22H18N6O. The number of aromatic nitrogens is 3. The first-order valence-corrected chi connectivity index (χ1v) is 9.46. The Labute approximate surface area is 167 Å². The van der Waals surface area contributed by atoms with E-state index in [0.29, 0.717) is 34.9 Å². The molecule has 142 valence electrons. The van der Waals surface area contributed by atoms with Crippen molar-refractivity contribution in [2.75, 3.05) is 5.32 Å². The molecule has 7 nitrogen and oxygen atoms in total. The van der Waals surface area contributed by atoms with Crippen molar-refractivity contribution < 1.29 is 4.79 Å². The van der Waals surface area contributed by atoms with E-state index in [2.05, 4.69) is 28.4 Å². The molecule has 29 heavy (non-hydrogen) atoms. The van der Waals surface area contributed by atoms with Crippen molar-refractivity contribution in [3.05, 3.63) is 65.5 Å². The Bertz CT molecular complexity index is 1240. The third-order valence-electron chi connectivity index (χ3n) is 5.03. The minimum atomic E-state index is -0.136. The van der Waals surface area contributed by atoms with E-state index in [1.165, 1.54) is 0 Å². The average Bonchev–Trinajstić information content (AvgIpc) is 3.36. The van der Waals surface area contributed by atoms with E-state index in [4.69, 9.17) is 4.98 Å².